The summed E-state index contributed by atoms with van der Waals surface area (Å²) in [5, 5.41) is 2.25. The minimum absolute atomic E-state index is 0.347. The predicted molar refractivity (Wildman–Crippen MR) is 105 cm³/mol. The number of amides is 4. The molecule has 1 saturated heterocycles. The Labute approximate surface area is 160 Å². The van der Waals surface area contributed by atoms with E-state index < -0.39 is 23.8 Å². The van der Waals surface area contributed by atoms with Gasteiger partial charge in [0.1, 0.15) is 0 Å². The molecule has 1 aliphatic heterocycles. The lowest BCUT2D eigenvalue weighted by molar-refractivity contribution is -0.894. The van der Waals surface area contributed by atoms with Gasteiger partial charge in [0.2, 0.25) is 5.91 Å². The Hall–Kier alpha value is -2.54. The van der Waals surface area contributed by atoms with E-state index in [1.165, 1.54) is 11.1 Å². The molecule has 0 aliphatic carbocycles. The van der Waals surface area contributed by atoms with Crippen molar-refractivity contribution in [1.82, 2.24) is 5.32 Å². The molecule has 1 heterocycles. The fourth-order valence-corrected chi connectivity index (χ4v) is 2.98. The van der Waals surface area contributed by atoms with E-state index in [4.69, 9.17) is 0 Å². The molecule has 1 aromatic rings. The Morgan fingerprint density at radius 1 is 1.15 bits per heavy atom. The summed E-state index contributed by atoms with van der Waals surface area (Å²) in [6.07, 6.45) is 1.36. The third kappa shape index (κ3) is 5.01. The summed E-state index contributed by atoms with van der Waals surface area (Å²) < 4.78 is 0. The Kier molecular flexibility index (Phi) is 7.24. The number of imide groups is 2. The summed E-state index contributed by atoms with van der Waals surface area (Å²) in [6, 6.07) is 6.49. The normalized spacial score (nSPS) is 18.1. The van der Waals surface area contributed by atoms with Crippen molar-refractivity contribution in [2.45, 2.75) is 33.6 Å². The summed E-state index contributed by atoms with van der Waals surface area (Å²) in [7, 11) is 0. The quantitative estimate of drug-likeness (QED) is 0.527. The van der Waals surface area contributed by atoms with Crippen molar-refractivity contribution in [2.24, 2.45) is 10.9 Å². The Bertz CT molecular complexity index is 708. The van der Waals surface area contributed by atoms with Gasteiger partial charge in [-0.1, -0.05) is 26.0 Å². The molecule has 1 atom stereocenters. The lowest BCUT2D eigenvalue weighted by Crippen LogP contribution is -3.11. The molecule has 27 heavy (non-hydrogen) atoms. The van der Waals surface area contributed by atoms with E-state index in [1.807, 2.05) is 12.1 Å². The summed E-state index contributed by atoms with van der Waals surface area (Å²) >= 11 is 0. The second-order valence-corrected chi connectivity index (χ2v) is 6.95. The highest BCUT2D eigenvalue weighted by Crippen LogP contribution is 2.23. The molecule has 7 nitrogen and oxygen atoms in total. The molecular weight excluding hydrogens is 344 g/mol. The fourth-order valence-electron chi connectivity index (χ4n) is 2.98. The molecule has 0 aromatic heterocycles. The molecule has 1 aromatic carbocycles. The number of urea groups is 1. The van der Waals surface area contributed by atoms with E-state index in [9.17, 15) is 14.4 Å². The number of nitrogens with zero attached hydrogens (tertiary/aromatic N) is 2. The second-order valence-electron chi connectivity index (χ2n) is 6.95. The van der Waals surface area contributed by atoms with Crippen LogP contribution in [0, 0.1) is 5.92 Å². The first-order valence-electron chi connectivity index (χ1n) is 9.51. The first-order chi connectivity index (χ1) is 12.9. The van der Waals surface area contributed by atoms with Gasteiger partial charge in [-0.05, 0) is 37.5 Å². The average Bonchev–Trinajstić information content (AvgIpc) is 2.64. The topological polar surface area (TPSA) is 83.3 Å². The number of likely N-dealkylation sites (N-methyl/N-ethyl adjacent to an activating group) is 1. The van der Waals surface area contributed by atoms with E-state index in [0.29, 0.717) is 18.2 Å². The van der Waals surface area contributed by atoms with Gasteiger partial charge in [-0.3, -0.25) is 19.9 Å². The van der Waals surface area contributed by atoms with Crippen LogP contribution in [0.15, 0.2) is 29.3 Å². The lowest BCUT2D eigenvalue weighted by Gasteiger charge is -2.28. The summed E-state index contributed by atoms with van der Waals surface area (Å²) in [4.78, 5) is 43.7. The Morgan fingerprint density at radius 3 is 2.33 bits per heavy atom. The standard InChI is InChI=1S/C20H28N4O3/c1-5-23(6-2)12-11-21-13-17-18(25)22-20(27)24(19(17)26)16-9-7-15(8-10-16)14(3)4/h7-10,13-14,17H,5-6,11-12H2,1-4H3,(H,22,25,27)/p+1. The number of quaternary nitrogens is 1. The molecule has 2 N–H and O–H groups in total. The summed E-state index contributed by atoms with van der Waals surface area (Å²) in [6.45, 7) is 11.7. The lowest BCUT2D eigenvalue weighted by atomic mass is 10.0. The van der Waals surface area contributed by atoms with E-state index in [1.54, 1.807) is 12.1 Å². The average molecular weight is 373 g/mol. The van der Waals surface area contributed by atoms with Crippen molar-refractivity contribution in [3.63, 3.8) is 0 Å². The van der Waals surface area contributed by atoms with Crippen LogP contribution in [0.3, 0.4) is 0 Å². The van der Waals surface area contributed by atoms with E-state index in [-0.39, 0.29) is 0 Å². The van der Waals surface area contributed by atoms with Crippen LogP contribution in [-0.2, 0) is 9.59 Å². The van der Waals surface area contributed by atoms with Crippen molar-refractivity contribution in [1.29, 1.82) is 0 Å². The number of nitrogens with one attached hydrogen (secondary N) is 2. The first kappa shape index (κ1) is 20.8. The highest BCUT2D eigenvalue weighted by Gasteiger charge is 2.40. The van der Waals surface area contributed by atoms with Gasteiger partial charge in [0.25, 0.3) is 5.91 Å². The number of barbiturate groups is 1. The SMILES string of the molecule is CC[NH+](CC)CCN=CC1C(=O)NC(=O)N(c2ccc(C(C)C)cc2)C1=O. The zero-order chi connectivity index (χ0) is 20.0. The molecule has 0 bridgehead atoms. The van der Waals surface area contributed by atoms with Crippen molar-refractivity contribution in [3.05, 3.63) is 29.8 Å². The van der Waals surface area contributed by atoms with Gasteiger partial charge in [-0.25, -0.2) is 9.69 Å². The molecule has 1 unspecified atom stereocenters. The van der Waals surface area contributed by atoms with Gasteiger partial charge in [0, 0.05) is 6.21 Å². The van der Waals surface area contributed by atoms with E-state index in [0.717, 1.165) is 30.1 Å². The number of anilines is 1. The monoisotopic (exact) mass is 373 g/mol. The third-order valence-corrected chi connectivity index (χ3v) is 4.87. The third-order valence-electron chi connectivity index (χ3n) is 4.87. The molecule has 0 radical (unpaired) electrons. The largest absolute Gasteiger partial charge is 0.335 e. The second kappa shape index (κ2) is 9.41. The van der Waals surface area contributed by atoms with Crippen LogP contribution in [0.25, 0.3) is 0 Å². The van der Waals surface area contributed by atoms with Gasteiger partial charge in [-0.2, -0.15) is 0 Å². The molecular formula is C20H29N4O3+. The van der Waals surface area contributed by atoms with Crippen molar-refractivity contribution < 1.29 is 19.3 Å². The number of carbonyl (C=O) groups excluding carboxylic acids is 3. The summed E-state index contributed by atoms with van der Waals surface area (Å²) in [5.74, 6) is -1.93. The van der Waals surface area contributed by atoms with Gasteiger partial charge in [0.05, 0.1) is 31.9 Å². The van der Waals surface area contributed by atoms with Gasteiger partial charge < -0.3 is 4.90 Å². The number of aliphatic imine (C=N–C) groups is 1. The first-order valence-corrected chi connectivity index (χ1v) is 9.51. The van der Waals surface area contributed by atoms with E-state index >= 15 is 0 Å². The Balaban J connectivity index is 2.12. The van der Waals surface area contributed by atoms with Crippen molar-refractivity contribution in [2.75, 3.05) is 31.1 Å². The van der Waals surface area contributed by atoms with Crippen LogP contribution in [0.2, 0.25) is 0 Å². The minimum Gasteiger partial charge on any atom is -0.334 e. The maximum atomic E-state index is 12.8. The molecule has 1 aliphatic rings. The maximum absolute atomic E-state index is 12.8. The van der Waals surface area contributed by atoms with Crippen LogP contribution in [0.4, 0.5) is 10.5 Å². The molecule has 7 heteroatoms. The number of hydrogen-bond acceptors (Lipinski definition) is 4. The highest BCUT2D eigenvalue weighted by atomic mass is 16.2. The zero-order valence-electron chi connectivity index (χ0n) is 16.5. The number of rotatable bonds is 8. The van der Waals surface area contributed by atoms with Crippen LogP contribution in [0.5, 0.6) is 0 Å². The molecule has 0 spiro atoms. The van der Waals surface area contributed by atoms with Crippen LogP contribution in [0.1, 0.15) is 39.2 Å². The van der Waals surface area contributed by atoms with Gasteiger partial charge >= 0.3 is 6.03 Å². The van der Waals surface area contributed by atoms with Gasteiger partial charge in [-0.15, -0.1) is 0 Å². The highest BCUT2D eigenvalue weighted by molar-refractivity contribution is 6.32. The smallest absolute Gasteiger partial charge is 0.334 e. The fraction of sp³-hybridized carbons (Fsp3) is 0.500. The Morgan fingerprint density at radius 2 is 1.78 bits per heavy atom. The molecule has 0 saturated carbocycles. The van der Waals surface area contributed by atoms with Crippen LogP contribution >= 0.6 is 0 Å². The number of carbonyl (C=O) groups is 3. The van der Waals surface area contributed by atoms with Crippen molar-refractivity contribution >= 4 is 29.7 Å². The van der Waals surface area contributed by atoms with Gasteiger partial charge in [0.15, 0.2) is 5.92 Å². The molecule has 2 rings (SSSR count). The minimum atomic E-state index is -1.08. The predicted octanol–water partition coefficient (Wildman–Crippen LogP) is 1.00. The number of benzene rings is 1. The van der Waals surface area contributed by atoms with Crippen LogP contribution < -0.4 is 15.1 Å². The molecule has 1 fully saturated rings. The zero-order valence-corrected chi connectivity index (χ0v) is 16.5. The number of hydrogen-bond donors (Lipinski definition) is 2. The molecule has 4 amide bonds. The van der Waals surface area contributed by atoms with Crippen LogP contribution in [-0.4, -0.2) is 50.2 Å². The molecule has 146 valence electrons. The summed E-state index contributed by atoms with van der Waals surface area (Å²) in [5.41, 5.74) is 1.55. The van der Waals surface area contributed by atoms with Crippen molar-refractivity contribution in [3.8, 4) is 0 Å². The maximum Gasteiger partial charge on any atom is 0.335 e. The van der Waals surface area contributed by atoms with E-state index in [2.05, 4.69) is 38.0 Å².